The number of piperidine rings is 1. The van der Waals surface area contributed by atoms with E-state index in [9.17, 15) is 19.2 Å². The fraction of sp³-hybridized carbons (Fsp3) is 0.386. The second kappa shape index (κ2) is 15.2. The molecule has 4 fully saturated rings. The summed E-state index contributed by atoms with van der Waals surface area (Å²) < 4.78 is 49.7. The van der Waals surface area contributed by atoms with Gasteiger partial charge in [0.1, 0.15) is 11.5 Å². The number of carbonyl (C=O) groups is 4. The molecular formula is C44H43ClF3N11O4. The van der Waals surface area contributed by atoms with Crippen molar-refractivity contribution in [1.29, 1.82) is 0 Å². The maximum absolute atomic E-state index is 16.0. The zero-order valence-electron chi connectivity index (χ0n) is 34.5. The summed E-state index contributed by atoms with van der Waals surface area (Å²) in [4.78, 5) is 66.2. The normalized spacial score (nSPS) is 19.3. The Labute approximate surface area is 364 Å². The average molecular weight is 882 g/mol. The first-order chi connectivity index (χ1) is 30.2. The summed E-state index contributed by atoms with van der Waals surface area (Å²) in [6.45, 7) is 1.98. The first kappa shape index (κ1) is 40.8. The van der Waals surface area contributed by atoms with Gasteiger partial charge < -0.3 is 20.4 Å². The lowest BCUT2D eigenvalue weighted by molar-refractivity contribution is -0.220. The predicted octanol–water partition coefficient (Wildman–Crippen LogP) is 5.95. The second-order valence-corrected chi connectivity index (χ2v) is 17.5. The summed E-state index contributed by atoms with van der Waals surface area (Å²) in [5.41, 5.74) is 4.16. The highest BCUT2D eigenvalue weighted by molar-refractivity contribution is 6.35. The molecule has 1 spiro atoms. The highest BCUT2D eigenvalue weighted by atomic mass is 35.5. The number of hydrogen-bond acceptors (Lipinski definition) is 10. The molecule has 7 heterocycles. The number of carbonyl (C=O) groups excluding carboxylic acids is 4. The fourth-order valence-electron chi connectivity index (χ4n) is 9.38. The fourth-order valence-corrected chi connectivity index (χ4v) is 9.59. The Hall–Kier alpha value is -6.27. The van der Waals surface area contributed by atoms with Crippen LogP contribution in [0.5, 0.6) is 0 Å². The smallest absolute Gasteiger partial charge is 0.328 e. The number of pyridine rings is 1. The molecule has 1 saturated carbocycles. The van der Waals surface area contributed by atoms with Crippen molar-refractivity contribution in [3.63, 3.8) is 0 Å². The van der Waals surface area contributed by atoms with Gasteiger partial charge in [0.2, 0.25) is 5.91 Å². The summed E-state index contributed by atoms with van der Waals surface area (Å²) in [5, 5.41) is 13.5. The molecule has 15 nitrogen and oxygen atoms in total. The maximum Gasteiger partial charge on any atom is 0.328 e. The Balaban J connectivity index is 0.809. The summed E-state index contributed by atoms with van der Waals surface area (Å²) >= 11 is 6.50. The molecule has 3 aromatic heterocycles. The lowest BCUT2D eigenvalue weighted by atomic mass is 9.69. The molecule has 3 N–H and O–H groups in total. The minimum Gasteiger partial charge on any atom is -0.385 e. The molecule has 0 unspecified atom stereocenters. The SMILES string of the molecule is CNc1cc(N2CCc3c(-c4ncc(CN5CC6(CCN(C(=O)c7cc(C)c(Cl)c(N8CCC(=O)NC8=O)c7)CC6(F)F)C5)cc4F)cccc32)nn2c(C(=O)NC3CC3)cnc12. The van der Waals surface area contributed by atoms with E-state index in [1.165, 1.54) is 29.3 Å². The number of aryl methyl sites for hydroxylation is 1. The van der Waals surface area contributed by atoms with Gasteiger partial charge in [-0.2, -0.15) is 0 Å². The Morgan fingerprint density at radius 3 is 2.49 bits per heavy atom. The summed E-state index contributed by atoms with van der Waals surface area (Å²) in [7, 11) is 1.78. The molecule has 4 aliphatic heterocycles. The second-order valence-electron chi connectivity index (χ2n) is 17.2. The molecule has 1 aliphatic carbocycles. The topological polar surface area (TPSA) is 160 Å². The van der Waals surface area contributed by atoms with E-state index in [2.05, 4.69) is 25.9 Å². The number of halogens is 4. The van der Waals surface area contributed by atoms with E-state index >= 15 is 13.2 Å². The quantitative estimate of drug-likeness (QED) is 0.162. The molecular weight excluding hydrogens is 839 g/mol. The van der Waals surface area contributed by atoms with Crippen LogP contribution in [0.2, 0.25) is 5.02 Å². The molecule has 5 aliphatic rings. The van der Waals surface area contributed by atoms with Crippen molar-refractivity contribution in [1.82, 2.24) is 40.0 Å². The molecule has 3 saturated heterocycles. The average Bonchev–Trinajstić information content (AvgIpc) is 3.77. The molecule has 0 atom stereocenters. The third-order valence-corrected chi connectivity index (χ3v) is 13.4. The highest BCUT2D eigenvalue weighted by Gasteiger charge is 2.62. The first-order valence-corrected chi connectivity index (χ1v) is 21.3. The van der Waals surface area contributed by atoms with Crippen molar-refractivity contribution in [2.24, 2.45) is 5.41 Å². The number of alkyl halides is 2. The number of nitrogens with zero attached hydrogens (tertiary/aromatic N) is 8. The number of amides is 5. The zero-order valence-corrected chi connectivity index (χ0v) is 35.2. The monoisotopic (exact) mass is 881 g/mol. The van der Waals surface area contributed by atoms with Gasteiger partial charge in [0.25, 0.3) is 17.7 Å². The van der Waals surface area contributed by atoms with Crippen LogP contribution in [0.25, 0.3) is 16.9 Å². The van der Waals surface area contributed by atoms with Crippen LogP contribution in [0.1, 0.15) is 63.2 Å². The van der Waals surface area contributed by atoms with Gasteiger partial charge in [-0.1, -0.05) is 23.7 Å². The van der Waals surface area contributed by atoms with Gasteiger partial charge in [-0.3, -0.25) is 34.5 Å². The molecule has 19 heteroatoms. The number of imidazole rings is 1. The molecule has 0 bridgehead atoms. The molecule has 0 radical (unpaired) electrons. The van der Waals surface area contributed by atoms with E-state index < -0.39 is 41.5 Å². The first-order valence-electron chi connectivity index (χ1n) is 20.9. The Kier molecular flexibility index (Phi) is 9.85. The van der Waals surface area contributed by atoms with Crippen LogP contribution in [0.4, 0.5) is 40.8 Å². The Morgan fingerprint density at radius 1 is 0.968 bits per heavy atom. The van der Waals surface area contributed by atoms with Crippen molar-refractivity contribution < 1.29 is 32.3 Å². The highest BCUT2D eigenvalue weighted by Crippen LogP contribution is 2.51. The largest absolute Gasteiger partial charge is 0.385 e. The third kappa shape index (κ3) is 7.08. The van der Waals surface area contributed by atoms with Crippen molar-refractivity contribution in [2.75, 3.05) is 61.4 Å². The predicted molar refractivity (Wildman–Crippen MR) is 228 cm³/mol. The minimum atomic E-state index is -3.20. The van der Waals surface area contributed by atoms with Gasteiger partial charge in [-0.05, 0) is 73.6 Å². The number of hydrogen-bond donors (Lipinski definition) is 3. The number of rotatable bonds is 9. The minimum absolute atomic E-state index is 0.0526. The van der Waals surface area contributed by atoms with Crippen LogP contribution in [0, 0.1) is 18.2 Å². The molecule has 326 valence electrons. The lowest BCUT2D eigenvalue weighted by Crippen LogP contribution is -2.70. The maximum atomic E-state index is 16.0. The van der Waals surface area contributed by atoms with Crippen LogP contribution < -0.4 is 25.8 Å². The lowest BCUT2D eigenvalue weighted by Gasteiger charge is -2.57. The molecule has 2 aromatic carbocycles. The zero-order chi connectivity index (χ0) is 43.9. The van der Waals surface area contributed by atoms with Crippen molar-refractivity contribution in [3.05, 3.63) is 93.6 Å². The molecule has 63 heavy (non-hydrogen) atoms. The van der Waals surface area contributed by atoms with Crippen LogP contribution in [0.15, 0.2) is 54.9 Å². The summed E-state index contributed by atoms with van der Waals surface area (Å²) in [5.74, 6) is -4.40. The number of nitrogens with one attached hydrogen (secondary N) is 3. The number of likely N-dealkylation sites (tertiary alicyclic amines) is 2. The van der Waals surface area contributed by atoms with Gasteiger partial charge >= 0.3 is 6.03 Å². The van der Waals surface area contributed by atoms with Gasteiger partial charge in [-0.15, -0.1) is 5.10 Å². The number of benzene rings is 2. The van der Waals surface area contributed by atoms with Crippen LogP contribution in [0.3, 0.4) is 0 Å². The molecule has 10 rings (SSSR count). The summed E-state index contributed by atoms with van der Waals surface area (Å²) in [6, 6.07) is 11.3. The molecule has 5 amide bonds. The van der Waals surface area contributed by atoms with E-state index in [1.54, 1.807) is 24.7 Å². The Bertz CT molecular complexity index is 2760. The van der Waals surface area contributed by atoms with E-state index in [4.69, 9.17) is 16.7 Å². The van der Waals surface area contributed by atoms with E-state index in [0.29, 0.717) is 52.5 Å². The molecule has 5 aromatic rings. The van der Waals surface area contributed by atoms with Gasteiger partial charge in [-0.25, -0.2) is 27.5 Å². The van der Waals surface area contributed by atoms with Gasteiger partial charge in [0.05, 0.1) is 34.6 Å². The number of imide groups is 1. The van der Waals surface area contributed by atoms with Crippen LogP contribution in [-0.2, 0) is 17.8 Å². The van der Waals surface area contributed by atoms with E-state index in [1.807, 2.05) is 34.1 Å². The van der Waals surface area contributed by atoms with E-state index in [-0.39, 0.29) is 79.5 Å². The van der Waals surface area contributed by atoms with Crippen LogP contribution in [-0.4, -0.2) is 111 Å². The van der Waals surface area contributed by atoms with Gasteiger partial charge in [0.15, 0.2) is 17.2 Å². The van der Waals surface area contributed by atoms with Crippen molar-refractivity contribution in [2.45, 2.75) is 57.5 Å². The van der Waals surface area contributed by atoms with Crippen molar-refractivity contribution in [3.8, 4) is 11.3 Å². The number of fused-ring (bicyclic) bond motifs is 2. The van der Waals surface area contributed by atoms with Crippen molar-refractivity contribution >= 4 is 63.9 Å². The van der Waals surface area contributed by atoms with E-state index in [0.717, 1.165) is 29.0 Å². The van der Waals surface area contributed by atoms with Crippen LogP contribution >= 0.6 is 11.6 Å². The Morgan fingerprint density at radius 2 is 1.76 bits per heavy atom. The van der Waals surface area contributed by atoms with Gasteiger partial charge in [0, 0.05) is 87.9 Å². The standard InChI is InChI=1S/C44H43ClF3N11O4/c1-24-14-26(16-33(37(24)45)58-12-9-36(60)53-42(58)63)41(62)56-13-10-43(44(47,48)23-56)21-55(22-43)20-25-15-30(46)38(50-18-25)29-4-3-5-32-28(29)8-11-57(32)35-17-31(49-2)39-51-19-34(59(39)54-35)40(61)52-27-6-7-27/h3-5,14-19,27,49H,6-13,20-23H2,1-2H3,(H,52,61)(H,53,60,63). The number of anilines is 4. The summed E-state index contributed by atoms with van der Waals surface area (Å²) in [6.07, 6.45) is 5.73. The number of urea groups is 1. The number of aromatic nitrogens is 4. The third-order valence-electron chi connectivity index (χ3n) is 12.9.